The van der Waals surface area contributed by atoms with Crippen molar-refractivity contribution in [1.82, 2.24) is 19.5 Å². The van der Waals surface area contributed by atoms with Crippen molar-refractivity contribution in [1.29, 1.82) is 0 Å². The molecule has 146 valence electrons. The lowest BCUT2D eigenvalue weighted by Crippen LogP contribution is -2.54. The summed E-state index contributed by atoms with van der Waals surface area (Å²) < 4.78 is 2.67. The first-order chi connectivity index (χ1) is 12.6. The van der Waals surface area contributed by atoms with Gasteiger partial charge in [0.25, 0.3) is 5.56 Å². The number of amides is 1. The van der Waals surface area contributed by atoms with Crippen molar-refractivity contribution >= 4 is 17.1 Å². The van der Waals surface area contributed by atoms with Gasteiger partial charge in [-0.2, -0.15) is 0 Å². The molecule has 2 aromatic heterocycles. The molecule has 0 atom stereocenters. The number of nitrogens with one attached hydrogen (secondary N) is 1. The van der Waals surface area contributed by atoms with Crippen LogP contribution < -0.4 is 10.9 Å². The summed E-state index contributed by atoms with van der Waals surface area (Å²) in [6.45, 7) is 7.06. The highest BCUT2D eigenvalue weighted by atomic mass is 16.4. The van der Waals surface area contributed by atoms with Gasteiger partial charge in [-0.1, -0.05) is 19.0 Å². The second kappa shape index (κ2) is 6.80. The Morgan fingerprint density at radius 2 is 2.15 bits per heavy atom. The van der Waals surface area contributed by atoms with E-state index < -0.39 is 11.2 Å². The maximum Gasteiger partial charge on any atom is 0.291 e. The lowest BCUT2D eigenvalue weighted by molar-refractivity contribution is -0.125. The summed E-state index contributed by atoms with van der Waals surface area (Å²) in [4.78, 5) is 25.1. The van der Waals surface area contributed by atoms with E-state index in [1.165, 1.54) is 0 Å². The summed E-state index contributed by atoms with van der Waals surface area (Å²) in [7, 11) is 0. The van der Waals surface area contributed by atoms with E-state index in [1.54, 1.807) is 30.5 Å². The molecule has 2 aromatic rings. The van der Waals surface area contributed by atoms with Crippen LogP contribution in [-0.4, -0.2) is 47.8 Å². The molecule has 1 saturated carbocycles. The minimum Gasteiger partial charge on any atom is -0.411 e. The molecule has 9 heteroatoms. The maximum atomic E-state index is 12.8. The van der Waals surface area contributed by atoms with E-state index in [0.29, 0.717) is 24.2 Å². The zero-order valence-corrected chi connectivity index (χ0v) is 15.9. The zero-order chi connectivity index (χ0) is 19.9. The number of rotatable bonds is 5. The summed E-state index contributed by atoms with van der Waals surface area (Å²) in [5, 5.41) is 29.1. The molecular weight excluding hydrogens is 350 g/mol. The fraction of sp³-hybridized carbons (Fsp3) is 0.556. The van der Waals surface area contributed by atoms with Gasteiger partial charge in [0.15, 0.2) is 5.82 Å². The smallest absolute Gasteiger partial charge is 0.291 e. The third kappa shape index (κ3) is 3.73. The fourth-order valence-corrected chi connectivity index (χ4v) is 3.39. The third-order valence-corrected chi connectivity index (χ3v) is 4.91. The van der Waals surface area contributed by atoms with Crippen LogP contribution >= 0.6 is 0 Å². The highest BCUT2D eigenvalue weighted by molar-refractivity contribution is 5.95. The van der Waals surface area contributed by atoms with Crippen molar-refractivity contribution in [3.63, 3.8) is 0 Å². The standard InChI is InChI=1S/C18H25N5O4/c1-10(2)12-5-14-17(25)23(20-16(11(3)21-27)22(14)8-12)9-15(24)19-13-6-18(4,26)7-13/h5,8,10,13,26-27H,6-7,9H2,1-4H3,(H,19,24)/b21-11-. The highest BCUT2D eigenvalue weighted by Crippen LogP contribution is 2.31. The number of aromatic nitrogens is 3. The Morgan fingerprint density at radius 3 is 2.70 bits per heavy atom. The molecule has 0 aromatic carbocycles. The number of hydrogen-bond acceptors (Lipinski definition) is 6. The van der Waals surface area contributed by atoms with Crippen LogP contribution in [-0.2, 0) is 11.3 Å². The van der Waals surface area contributed by atoms with Gasteiger partial charge in [-0.3, -0.25) is 14.0 Å². The first-order valence-electron chi connectivity index (χ1n) is 8.95. The quantitative estimate of drug-likeness (QED) is 0.406. The Labute approximate surface area is 156 Å². The normalized spacial score (nSPS) is 22.9. The lowest BCUT2D eigenvalue weighted by atomic mass is 9.77. The molecule has 0 radical (unpaired) electrons. The molecule has 2 heterocycles. The van der Waals surface area contributed by atoms with E-state index >= 15 is 0 Å². The van der Waals surface area contributed by atoms with Gasteiger partial charge in [0.05, 0.1) is 5.60 Å². The van der Waals surface area contributed by atoms with E-state index in [-0.39, 0.29) is 30.1 Å². The van der Waals surface area contributed by atoms with E-state index in [1.807, 2.05) is 13.8 Å². The molecule has 0 unspecified atom stereocenters. The van der Waals surface area contributed by atoms with Crippen LogP contribution in [0.2, 0.25) is 0 Å². The van der Waals surface area contributed by atoms with Crippen molar-refractivity contribution in [2.75, 3.05) is 0 Å². The van der Waals surface area contributed by atoms with Gasteiger partial charge in [-0.05, 0) is 44.2 Å². The number of oxime groups is 1. The molecule has 1 aliphatic rings. The highest BCUT2D eigenvalue weighted by Gasteiger charge is 2.39. The van der Waals surface area contributed by atoms with E-state index in [9.17, 15) is 14.7 Å². The monoisotopic (exact) mass is 375 g/mol. The maximum absolute atomic E-state index is 12.8. The van der Waals surface area contributed by atoms with Gasteiger partial charge in [-0.15, -0.1) is 5.10 Å². The minimum atomic E-state index is -0.743. The van der Waals surface area contributed by atoms with E-state index in [0.717, 1.165) is 10.2 Å². The average molecular weight is 375 g/mol. The molecule has 0 bridgehead atoms. The molecule has 3 rings (SSSR count). The van der Waals surface area contributed by atoms with Crippen LogP contribution in [0.4, 0.5) is 0 Å². The predicted octanol–water partition coefficient (Wildman–Crippen LogP) is 0.847. The molecule has 1 fully saturated rings. The topological polar surface area (TPSA) is 121 Å². The molecule has 0 saturated heterocycles. The second-order valence-corrected chi connectivity index (χ2v) is 7.82. The van der Waals surface area contributed by atoms with E-state index in [4.69, 9.17) is 5.21 Å². The molecule has 1 amide bonds. The molecule has 27 heavy (non-hydrogen) atoms. The van der Waals surface area contributed by atoms with Gasteiger partial charge < -0.3 is 15.6 Å². The Balaban J connectivity index is 1.94. The van der Waals surface area contributed by atoms with Crippen LogP contribution in [0, 0.1) is 0 Å². The third-order valence-electron chi connectivity index (χ3n) is 4.91. The van der Waals surface area contributed by atoms with Gasteiger partial charge in [0.2, 0.25) is 5.91 Å². The molecule has 0 spiro atoms. The van der Waals surface area contributed by atoms with Gasteiger partial charge in [0.1, 0.15) is 17.8 Å². The lowest BCUT2D eigenvalue weighted by Gasteiger charge is -2.41. The Hall–Kier alpha value is -2.68. The van der Waals surface area contributed by atoms with Crippen LogP contribution in [0.25, 0.3) is 5.52 Å². The van der Waals surface area contributed by atoms with Gasteiger partial charge in [0, 0.05) is 12.2 Å². The van der Waals surface area contributed by atoms with Crippen LogP contribution in [0.5, 0.6) is 0 Å². The zero-order valence-electron chi connectivity index (χ0n) is 15.9. The van der Waals surface area contributed by atoms with Crippen molar-refractivity contribution in [2.24, 2.45) is 5.16 Å². The summed E-state index contributed by atoms with van der Waals surface area (Å²) in [5.41, 5.74) is 0.403. The van der Waals surface area contributed by atoms with Crippen LogP contribution in [0.3, 0.4) is 0 Å². The summed E-state index contributed by atoms with van der Waals surface area (Å²) in [6.07, 6.45) is 2.76. The number of nitrogens with zero attached hydrogens (tertiary/aromatic N) is 4. The predicted molar refractivity (Wildman–Crippen MR) is 99.3 cm³/mol. The fourth-order valence-electron chi connectivity index (χ4n) is 3.39. The van der Waals surface area contributed by atoms with Crippen molar-refractivity contribution in [3.05, 3.63) is 34.0 Å². The largest absolute Gasteiger partial charge is 0.411 e. The van der Waals surface area contributed by atoms with E-state index in [2.05, 4.69) is 15.6 Å². The molecule has 9 nitrogen and oxygen atoms in total. The second-order valence-electron chi connectivity index (χ2n) is 7.82. The number of carbonyl (C=O) groups excluding carboxylic acids is 1. The first-order valence-corrected chi connectivity index (χ1v) is 8.95. The van der Waals surface area contributed by atoms with Gasteiger partial charge >= 0.3 is 0 Å². The summed E-state index contributed by atoms with van der Waals surface area (Å²) in [6, 6.07) is 1.66. The number of hydrogen-bond donors (Lipinski definition) is 3. The van der Waals surface area contributed by atoms with Gasteiger partial charge in [-0.25, -0.2) is 4.68 Å². The van der Waals surface area contributed by atoms with Crippen molar-refractivity contribution in [2.45, 2.75) is 64.6 Å². The van der Waals surface area contributed by atoms with Crippen LogP contribution in [0.15, 0.2) is 22.2 Å². The number of aliphatic hydroxyl groups is 1. The summed E-state index contributed by atoms with van der Waals surface area (Å²) in [5.74, 6) is 0.139. The Morgan fingerprint density at radius 1 is 1.48 bits per heavy atom. The van der Waals surface area contributed by atoms with Crippen molar-refractivity contribution < 1.29 is 15.1 Å². The number of carbonyl (C=O) groups is 1. The minimum absolute atomic E-state index is 0.104. The Bertz CT molecular complexity index is 962. The first kappa shape index (κ1) is 19.1. The Kier molecular flexibility index (Phi) is 4.81. The van der Waals surface area contributed by atoms with Crippen molar-refractivity contribution in [3.8, 4) is 0 Å². The molecule has 1 aliphatic carbocycles. The van der Waals surface area contributed by atoms with Crippen LogP contribution in [0.1, 0.15) is 57.8 Å². The molecular formula is C18H25N5O4. The SMILES string of the molecule is C/C(=N/O)c1nn(CC(=O)NC2CC(C)(O)C2)c(=O)c2cc(C(C)C)cn12. The summed E-state index contributed by atoms with van der Waals surface area (Å²) >= 11 is 0. The number of fused-ring (bicyclic) bond motifs is 1. The molecule has 0 aliphatic heterocycles. The molecule has 3 N–H and O–H groups in total. The average Bonchev–Trinajstić information content (AvgIpc) is 3.01.